The number of nitrogens with one attached hydrogen (secondary N) is 1. The number of amides is 1. The average Bonchev–Trinajstić information content (AvgIpc) is 2.90. The van der Waals surface area contributed by atoms with Crippen LogP contribution in [0.5, 0.6) is 0 Å². The number of piperidine rings is 1. The van der Waals surface area contributed by atoms with Crippen LogP contribution < -0.4 is 5.32 Å². The van der Waals surface area contributed by atoms with Gasteiger partial charge in [-0.05, 0) is 24.0 Å². The van der Waals surface area contributed by atoms with Gasteiger partial charge in [-0.15, -0.1) is 0 Å². The number of rotatable bonds is 2. The minimum atomic E-state index is -0.685. The Bertz CT molecular complexity index is 600. The number of hydrogen-bond acceptors (Lipinski definition) is 3. The van der Waals surface area contributed by atoms with Gasteiger partial charge in [-0.3, -0.25) is 14.5 Å². The number of halogens is 3. The Morgan fingerprint density at radius 2 is 2.00 bits per heavy atom. The zero-order chi connectivity index (χ0) is 17.0. The maximum Gasteiger partial charge on any atom is 0.290 e. The predicted octanol–water partition coefficient (Wildman–Crippen LogP) is 1.89. The first-order chi connectivity index (χ1) is 11.0. The van der Waals surface area contributed by atoms with Crippen LogP contribution in [-0.4, -0.2) is 42.0 Å². The Kier molecular flexibility index (Phi) is 5.90. The fourth-order valence-electron chi connectivity index (χ4n) is 3.12. The van der Waals surface area contributed by atoms with Gasteiger partial charge in [-0.1, -0.05) is 11.6 Å². The van der Waals surface area contributed by atoms with E-state index in [4.69, 9.17) is 21.5 Å². The van der Waals surface area contributed by atoms with Gasteiger partial charge in [0.05, 0.1) is 5.02 Å². The van der Waals surface area contributed by atoms with Crippen LogP contribution in [0.25, 0.3) is 0 Å². The topological polar surface area (TPSA) is 69.6 Å². The van der Waals surface area contributed by atoms with Crippen LogP contribution in [0.4, 0.5) is 8.78 Å². The quantitative estimate of drug-likeness (QED) is 0.634. The molecule has 2 saturated heterocycles. The van der Waals surface area contributed by atoms with Crippen molar-refractivity contribution in [3.05, 3.63) is 34.4 Å². The molecule has 0 aliphatic carbocycles. The predicted molar refractivity (Wildman–Crippen MR) is 79.9 cm³/mol. The van der Waals surface area contributed by atoms with Gasteiger partial charge in [0, 0.05) is 38.2 Å². The molecule has 126 valence electrons. The molecule has 0 aromatic heterocycles. The highest BCUT2D eigenvalue weighted by atomic mass is 35.5. The molecule has 1 aromatic rings. The third-order valence-corrected chi connectivity index (χ3v) is 4.47. The first kappa shape index (κ1) is 17.6. The number of carbonyl (C=O) groups excluding carboxylic acids is 1. The van der Waals surface area contributed by atoms with Crippen LogP contribution in [-0.2, 0) is 16.1 Å². The molecule has 1 amide bonds. The van der Waals surface area contributed by atoms with Crippen molar-refractivity contribution >= 4 is 24.0 Å². The Morgan fingerprint density at radius 1 is 1.35 bits per heavy atom. The van der Waals surface area contributed by atoms with Crippen molar-refractivity contribution in [2.75, 3.05) is 19.6 Å². The molecule has 23 heavy (non-hydrogen) atoms. The fourth-order valence-corrected chi connectivity index (χ4v) is 3.30. The van der Waals surface area contributed by atoms with Gasteiger partial charge in [0.25, 0.3) is 6.47 Å². The summed E-state index contributed by atoms with van der Waals surface area (Å²) in [6, 6.07) is 2.41. The van der Waals surface area contributed by atoms with E-state index in [1.165, 1.54) is 12.1 Å². The summed E-state index contributed by atoms with van der Waals surface area (Å²) in [4.78, 5) is 21.7. The van der Waals surface area contributed by atoms with E-state index < -0.39 is 11.6 Å². The highest BCUT2D eigenvalue weighted by Gasteiger charge is 2.37. The molecular weight excluding hydrogens is 330 g/mol. The summed E-state index contributed by atoms with van der Waals surface area (Å²) in [6.07, 6.45) is 0.502. The highest BCUT2D eigenvalue weighted by Crippen LogP contribution is 2.31. The van der Waals surface area contributed by atoms with E-state index >= 15 is 0 Å². The molecule has 3 rings (SSSR count). The number of carbonyl (C=O) groups is 2. The van der Waals surface area contributed by atoms with E-state index in [0.717, 1.165) is 6.54 Å². The Hall–Kier alpha value is -1.73. The van der Waals surface area contributed by atoms with Crippen molar-refractivity contribution in [1.82, 2.24) is 10.2 Å². The maximum absolute atomic E-state index is 13.9. The van der Waals surface area contributed by atoms with E-state index in [1.807, 2.05) is 4.90 Å². The number of fused-ring (bicyclic) bond motifs is 1. The normalized spacial score (nSPS) is 23.5. The minimum Gasteiger partial charge on any atom is -0.483 e. The molecule has 8 heteroatoms. The monoisotopic (exact) mass is 346 g/mol. The smallest absolute Gasteiger partial charge is 0.290 e. The zero-order valence-electron chi connectivity index (χ0n) is 12.3. The lowest BCUT2D eigenvalue weighted by atomic mass is 9.89. The molecule has 2 aliphatic rings. The van der Waals surface area contributed by atoms with E-state index in [9.17, 15) is 13.6 Å². The van der Waals surface area contributed by atoms with Gasteiger partial charge >= 0.3 is 0 Å². The summed E-state index contributed by atoms with van der Waals surface area (Å²) < 4.78 is 27.6. The van der Waals surface area contributed by atoms with Gasteiger partial charge in [0.1, 0.15) is 11.6 Å². The van der Waals surface area contributed by atoms with Crippen LogP contribution >= 0.6 is 11.6 Å². The van der Waals surface area contributed by atoms with E-state index in [-0.39, 0.29) is 35.4 Å². The van der Waals surface area contributed by atoms with E-state index in [0.29, 0.717) is 25.4 Å². The summed E-state index contributed by atoms with van der Waals surface area (Å²) in [5, 5.41) is 9.66. The largest absolute Gasteiger partial charge is 0.483 e. The van der Waals surface area contributed by atoms with Gasteiger partial charge < -0.3 is 10.4 Å². The molecule has 1 aromatic carbocycles. The summed E-state index contributed by atoms with van der Waals surface area (Å²) in [5.74, 6) is -0.535. The average molecular weight is 347 g/mol. The molecule has 0 unspecified atom stereocenters. The molecule has 5 nitrogen and oxygen atoms in total. The molecule has 0 spiro atoms. The van der Waals surface area contributed by atoms with Crippen LogP contribution in [0.1, 0.15) is 12.0 Å². The lowest BCUT2D eigenvalue weighted by Crippen LogP contribution is -2.39. The van der Waals surface area contributed by atoms with Gasteiger partial charge in [-0.25, -0.2) is 8.78 Å². The first-order valence-corrected chi connectivity index (χ1v) is 7.53. The number of nitrogens with zero attached hydrogens (tertiary/aromatic N) is 1. The fraction of sp³-hybridized carbons (Fsp3) is 0.467. The maximum atomic E-state index is 13.9. The first-order valence-electron chi connectivity index (χ1n) is 7.15. The number of likely N-dealkylation sites (tertiary alicyclic amines) is 1. The molecule has 2 heterocycles. The van der Waals surface area contributed by atoms with Gasteiger partial charge in [0.2, 0.25) is 5.91 Å². The van der Waals surface area contributed by atoms with Crippen molar-refractivity contribution in [1.29, 1.82) is 0 Å². The van der Waals surface area contributed by atoms with Crippen LogP contribution in [0.15, 0.2) is 12.1 Å². The van der Waals surface area contributed by atoms with Crippen molar-refractivity contribution in [3.63, 3.8) is 0 Å². The van der Waals surface area contributed by atoms with Gasteiger partial charge in [-0.2, -0.15) is 0 Å². The van der Waals surface area contributed by atoms with Crippen molar-refractivity contribution in [3.8, 4) is 0 Å². The molecule has 2 fully saturated rings. The van der Waals surface area contributed by atoms with Crippen molar-refractivity contribution < 1.29 is 23.5 Å². The standard InChI is InChI=1S/C14H15ClF2N2O.CH2O2/c15-11-1-2-12(16)10(14(11)17)7-19-5-8-3-13(20)18-4-9(8)6-19;2-1-3/h1-2,8-9H,3-7H2,(H,18,20);1H,(H,2,3)/t8-,9+;/m1./s1. The molecule has 2 N–H and O–H groups in total. The van der Waals surface area contributed by atoms with E-state index in [2.05, 4.69) is 5.32 Å². The van der Waals surface area contributed by atoms with Crippen LogP contribution in [0.2, 0.25) is 5.02 Å². The molecule has 2 aliphatic heterocycles. The third kappa shape index (κ3) is 4.17. The summed E-state index contributed by atoms with van der Waals surface area (Å²) in [7, 11) is 0. The molecule has 0 saturated carbocycles. The zero-order valence-corrected chi connectivity index (χ0v) is 13.0. The Balaban J connectivity index is 0.000000595. The molecular formula is C15H17ClF2N2O3. The van der Waals surface area contributed by atoms with Crippen molar-refractivity contribution in [2.24, 2.45) is 11.8 Å². The van der Waals surface area contributed by atoms with Gasteiger partial charge in [0.15, 0.2) is 0 Å². The SMILES string of the molecule is O=C1C[C@@H]2CN(Cc3c(F)ccc(Cl)c3F)C[C@@H]2CN1.O=CO. The summed E-state index contributed by atoms with van der Waals surface area (Å²) in [6.45, 7) is 2.04. The second-order valence-electron chi connectivity index (χ2n) is 5.65. The summed E-state index contributed by atoms with van der Waals surface area (Å²) in [5.41, 5.74) is 0.00966. The summed E-state index contributed by atoms with van der Waals surface area (Å²) >= 11 is 5.70. The Morgan fingerprint density at radius 3 is 2.70 bits per heavy atom. The van der Waals surface area contributed by atoms with E-state index in [1.54, 1.807) is 0 Å². The minimum absolute atomic E-state index is 0.00966. The van der Waals surface area contributed by atoms with Crippen LogP contribution in [0.3, 0.4) is 0 Å². The second-order valence-corrected chi connectivity index (χ2v) is 6.06. The second kappa shape index (κ2) is 7.70. The highest BCUT2D eigenvalue weighted by molar-refractivity contribution is 6.30. The Labute approximate surface area is 137 Å². The lowest BCUT2D eigenvalue weighted by molar-refractivity contribution is -0.124. The number of carboxylic acid groups (broad SMARTS) is 1. The number of hydrogen-bond donors (Lipinski definition) is 2. The van der Waals surface area contributed by atoms with Crippen LogP contribution in [0, 0.1) is 23.5 Å². The number of benzene rings is 1. The third-order valence-electron chi connectivity index (χ3n) is 4.18. The lowest BCUT2D eigenvalue weighted by Gasteiger charge is -2.23. The molecule has 0 bridgehead atoms. The molecule has 2 atom stereocenters. The molecule has 0 radical (unpaired) electrons. The van der Waals surface area contributed by atoms with Crippen molar-refractivity contribution in [2.45, 2.75) is 13.0 Å².